The van der Waals surface area contributed by atoms with E-state index in [1.807, 2.05) is 18.2 Å². The number of rotatable bonds is 7. The Kier molecular flexibility index (Phi) is 5.47. The van der Waals surface area contributed by atoms with E-state index < -0.39 is 0 Å². The Balaban J connectivity index is 2.00. The van der Waals surface area contributed by atoms with Crippen LogP contribution < -0.4 is 10.1 Å². The second-order valence-electron chi connectivity index (χ2n) is 3.92. The molecular formula is C13H17N3OS2. The summed E-state index contributed by atoms with van der Waals surface area (Å²) in [4.78, 5) is 1.12. The van der Waals surface area contributed by atoms with Crippen molar-refractivity contribution in [1.82, 2.24) is 9.59 Å². The second-order valence-corrected chi connectivity index (χ2v) is 5.69. The number of hydrogen-bond donors (Lipinski definition) is 1. The minimum absolute atomic E-state index is 0.795. The molecule has 4 nitrogen and oxygen atoms in total. The zero-order valence-corrected chi connectivity index (χ0v) is 12.7. The quantitative estimate of drug-likeness (QED) is 0.790. The van der Waals surface area contributed by atoms with Crippen molar-refractivity contribution in [1.29, 1.82) is 0 Å². The van der Waals surface area contributed by atoms with Gasteiger partial charge in [-0.2, -0.15) is 0 Å². The molecule has 1 heterocycles. The second kappa shape index (κ2) is 7.35. The molecule has 0 aliphatic heterocycles. The Hall–Kier alpha value is -1.27. The zero-order valence-electron chi connectivity index (χ0n) is 11.0. The van der Waals surface area contributed by atoms with Gasteiger partial charge in [-0.3, -0.25) is 0 Å². The van der Waals surface area contributed by atoms with Gasteiger partial charge >= 0.3 is 0 Å². The standard InChI is InChI=1S/C13H17N3OS2/c1-3-8-14-13-10(15-16-19-13)9-18-12-7-5-4-6-11(12)17-2/h4-7,14H,3,8-9H2,1-2H3. The number of nitrogens with zero attached hydrogens (tertiary/aromatic N) is 2. The molecule has 1 N–H and O–H groups in total. The van der Waals surface area contributed by atoms with Crippen LogP contribution in [0.2, 0.25) is 0 Å². The molecule has 1 aromatic carbocycles. The molecule has 0 saturated heterocycles. The summed E-state index contributed by atoms with van der Waals surface area (Å²) in [7, 11) is 1.69. The van der Waals surface area contributed by atoms with Gasteiger partial charge < -0.3 is 10.1 Å². The summed E-state index contributed by atoms with van der Waals surface area (Å²) in [5.74, 6) is 1.70. The van der Waals surface area contributed by atoms with Crippen LogP contribution in [0.1, 0.15) is 19.0 Å². The third kappa shape index (κ3) is 3.84. The maximum absolute atomic E-state index is 5.34. The van der Waals surface area contributed by atoms with E-state index in [1.165, 1.54) is 11.5 Å². The van der Waals surface area contributed by atoms with Crippen LogP contribution in [0.3, 0.4) is 0 Å². The highest BCUT2D eigenvalue weighted by molar-refractivity contribution is 7.98. The maximum atomic E-state index is 5.34. The van der Waals surface area contributed by atoms with Gasteiger partial charge in [0.15, 0.2) is 0 Å². The number of aromatic nitrogens is 2. The molecule has 0 radical (unpaired) electrons. The van der Waals surface area contributed by atoms with E-state index in [9.17, 15) is 0 Å². The van der Waals surface area contributed by atoms with Crippen LogP contribution in [0.25, 0.3) is 0 Å². The molecule has 19 heavy (non-hydrogen) atoms. The van der Waals surface area contributed by atoms with E-state index in [0.29, 0.717) is 0 Å². The van der Waals surface area contributed by atoms with E-state index in [0.717, 1.165) is 40.1 Å². The lowest BCUT2D eigenvalue weighted by atomic mass is 10.3. The van der Waals surface area contributed by atoms with Gasteiger partial charge in [0.25, 0.3) is 0 Å². The lowest BCUT2D eigenvalue weighted by Gasteiger charge is -2.07. The van der Waals surface area contributed by atoms with E-state index in [-0.39, 0.29) is 0 Å². The van der Waals surface area contributed by atoms with Crippen LogP contribution >= 0.6 is 23.3 Å². The van der Waals surface area contributed by atoms with Gasteiger partial charge in [-0.25, -0.2) is 0 Å². The van der Waals surface area contributed by atoms with Gasteiger partial charge in [0.05, 0.1) is 7.11 Å². The van der Waals surface area contributed by atoms with E-state index >= 15 is 0 Å². The Morgan fingerprint density at radius 1 is 1.37 bits per heavy atom. The van der Waals surface area contributed by atoms with Gasteiger partial charge in [0.1, 0.15) is 16.4 Å². The van der Waals surface area contributed by atoms with Crippen molar-refractivity contribution >= 4 is 28.3 Å². The summed E-state index contributed by atoms with van der Waals surface area (Å²) in [5.41, 5.74) is 1.01. The monoisotopic (exact) mass is 295 g/mol. The molecule has 0 aliphatic rings. The Morgan fingerprint density at radius 2 is 2.21 bits per heavy atom. The van der Waals surface area contributed by atoms with Gasteiger partial charge in [0, 0.05) is 28.7 Å². The summed E-state index contributed by atoms with van der Waals surface area (Å²) >= 11 is 3.13. The molecule has 0 bridgehead atoms. The largest absolute Gasteiger partial charge is 0.496 e. The predicted molar refractivity (Wildman–Crippen MR) is 81.2 cm³/mol. The minimum Gasteiger partial charge on any atom is -0.496 e. The Labute approximate surface area is 121 Å². The van der Waals surface area contributed by atoms with Gasteiger partial charge in [-0.05, 0) is 18.6 Å². The predicted octanol–water partition coefficient (Wildman–Crippen LogP) is 3.66. The number of nitrogens with one attached hydrogen (secondary N) is 1. The fraction of sp³-hybridized carbons (Fsp3) is 0.385. The summed E-state index contributed by atoms with van der Waals surface area (Å²) in [6.45, 7) is 3.10. The highest BCUT2D eigenvalue weighted by Crippen LogP contribution is 2.33. The first-order valence-corrected chi connectivity index (χ1v) is 7.92. The average molecular weight is 295 g/mol. The number of para-hydroxylation sites is 1. The molecule has 2 rings (SSSR count). The fourth-order valence-corrected chi connectivity index (χ4v) is 3.22. The first-order valence-electron chi connectivity index (χ1n) is 6.16. The number of anilines is 1. The zero-order chi connectivity index (χ0) is 13.5. The SMILES string of the molecule is CCCNc1snnc1CSc1ccccc1OC. The third-order valence-electron chi connectivity index (χ3n) is 2.52. The topological polar surface area (TPSA) is 47.0 Å². The molecule has 0 amide bonds. The molecule has 6 heteroatoms. The molecule has 0 fully saturated rings. The minimum atomic E-state index is 0.795. The lowest BCUT2D eigenvalue weighted by molar-refractivity contribution is 0.405. The molecule has 0 saturated carbocycles. The van der Waals surface area contributed by atoms with Crippen LogP contribution in [-0.2, 0) is 5.75 Å². The molecule has 1 aromatic heterocycles. The lowest BCUT2D eigenvalue weighted by Crippen LogP contribution is -2.00. The molecule has 0 aliphatic carbocycles. The van der Waals surface area contributed by atoms with Crippen molar-refractivity contribution in [2.45, 2.75) is 24.0 Å². The van der Waals surface area contributed by atoms with Crippen LogP contribution in [0.15, 0.2) is 29.2 Å². The highest BCUT2D eigenvalue weighted by atomic mass is 32.2. The molecule has 0 unspecified atom stereocenters. The van der Waals surface area contributed by atoms with Gasteiger partial charge in [0.2, 0.25) is 0 Å². The van der Waals surface area contributed by atoms with Crippen molar-refractivity contribution < 1.29 is 4.74 Å². The highest BCUT2D eigenvalue weighted by Gasteiger charge is 2.09. The van der Waals surface area contributed by atoms with Crippen LogP contribution in [-0.4, -0.2) is 23.2 Å². The van der Waals surface area contributed by atoms with Crippen molar-refractivity contribution in [3.8, 4) is 5.75 Å². The Bertz CT molecular complexity index is 516. The van der Waals surface area contributed by atoms with Crippen LogP contribution in [0, 0.1) is 0 Å². The number of ether oxygens (including phenoxy) is 1. The number of thioether (sulfide) groups is 1. The summed E-state index contributed by atoms with van der Waals surface area (Å²) in [6.07, 6.45) is 1.09. The number of methoxy groups -OCH3 is 1. The smallest absolute Gasteiger partial charge is 0.134 e. The third-order valence-corrected chi connectivity index (χ3v) is 4.32. The van der Waals surface area contributed by atoms with Gasteiger partial charge in [-0.15, -0.1) is 16.9 Å². The average Bonchev–Trinajstić information content (AvgIpc) is 2.90. The Morgan fingerprint density at radius 3 is 3.00 bits per heavy atom. The molecule has 102 valence electrons. The normalized spacial score (nSPS) is 10.4. The number of benzene rings is 1. The fourth-order valence-electron chi connectivity index (χ4n) is 1.56. The van der Waals surface area contributed by atoms with E-state index in [2.05, 4.69) is 27.9 Å². The molecule has 0 spiro atoms. The van der Waals surface area contributed by atoms with Gasteiger partial charge in [-0.1, -0.05) is 23.5 Å². The molecule has 0 atom stereocenters. The van der Waals surface area contributed by atoms with Crippen molar-refractivity contribution in [2.75, 3.05) is 19.0 Å². The van der Waals surface area contributed by atoms with Crippen molar-refractivity contribution in [3.63, 3.8) is 0 Å². The summed E-state index contributed by atoms with van der Waals surface area (Å²) in [6, 6.07) is 8.02. The van der Waals surface area contributed by atoms with Crippen LogP contribution in [0.4, 0.5) is 5.00 Å². The first-order chi connectivity index (χ1) is 9.35. The van der Waals surface area contributed by atoms with Crippen molar-refractivity contribution in [2.24, 2.45) is 0 Å². The van der Waals surface area contributed by atoms with Crippen molar-refractivity contribution in [3.05, 3.63) is 30.0 Å². The molecular weight excluding hydrogens is 278 g/mol. The first kappa shape index (κ1) is 14.1. The van der Waals surface area contributed by atoms with E-state index in [4.69, 9.17) is 4.74 Å². The summed E-state index contributed by atoms with van der Waals surface area (Å²) in [5, 5.41) is 8.61. The number of hydrogen-bond acceptors (Lipinski definition) is 6. The molecule has 2 aromatic rings. The van der Waals surface area contributed by atoms with Crippen LogP contribution in [0.5, 0.6) is 5.75 Å². The maximum Gasteiger partial charge on any atom is 0.134 e. The summed E-state index contributed by atoms with van der Waals surface area (Å²) < 4.78 is 9.35. The van der Waals surface area contributed by atoms with E-state index in [1.54, 1.807) is 18.9 Å².